The van der Waals surface area contributed by atoms with Crippen molar-refractivity contribution in [2.75, 3.05) is 31.5 Å². The summed E-state index contributed by atoms with van der Waals surface area (Å²) in [7, 11) is 0. The van der Waals surface area contributed by atoms with Crippen LogP contribution in [0.5, 0.6) is 0 Å². The summed E-state index contributed by atoms with van der Waals surface area (Å²) in [6, 6.07) is 15.4. The third-order valence-corrected chi connectivity index (χ3v) is 6.77. The summed E-state index contributed by atoms with van der Waals surface area (Å²) in [5.41, 5.74) is 3.93. The van der Waals surface area contributed by atoms with Gasteiger partial charge in [0.1, 0.15) is 5.69 Å². The van der Waals surface area contributed by atoms with Gasteiger partial charge in [-0.15, -0.1) is 0 Å². The lowest BCUT2D eigenvalue weighted by Crippen LogP contribution is -2.33. The highest BCUT2D eigenvalue weighted by atomic mass is 16.2. The van der Waals surface area contributed by atoms with Crippen molar-refractivity contribution < 1.29 is 9.59 Å². The molecule has 1 aromatic carbocycles. The van der Waals surface area contributed by atoms with Crippen molar-refractivity contribution in [1.82, 2.24) is 29.7 Å². The number of amides is 2. The number of hydrogen-bond acceptors (Lipinski definition) is 6. The van der Waals surface area contributed by atoms with Crippen LogP contribution in [0.2, 0.25) is 0 Å². The van der Waals surface area contributed by atoms with Crippen molar-refractivity contribution in [2.45, 2.75) is 52.9 Å². The number of carbonyl (C=O) groups excluding carboxylic acids is 2. The van der Waals surface area contributed by atoms with Gasteiger partial charge in [-0.3, -0.25) is 14.6 Å². The lowest BCUT2D eigenvalue weighted by atomic mass is 10.1. The molecule has 40 heavy (non-hydrogen) atoms. The van der Waals surface area contributed by atoms with Gasteiger partial charge in [0.15, 0.2) is 0 Å². The van der Waals surface area contributed by atoms with Crippen LogP contribution in [0.15, 0.2) is 60.9 Å². The van der Waals surface area contributed by atoms with Gasteiger partial charge in [0, 0.05) is 62.1 Å². The second-order valence-corrected chi connectivity index (χ2v) is 9.95. The van der Waals surface area contributed by atoms with Crippen LogP contribution in [0.25, 0.3) is 22.3 Å². The quantitative estimate of drug-likeness (QED) is 0.281. The van der Waals surface area contributed by atoms with Gasteiger partial charge in [-0.05, 0) is 74.6 Å². The molecule has 9 nitrogen and oxygen atoms in total. The molecule has 9 heteroatoms. The summed E-state index contributed by atoms with van der Waals surface area (Å²) in [5.74, 6) is 0.766. The number of H-pyrrole nitrogens is 1. The highest BCUT2D eigenvalue weighted by molar-refractivity contribution is 5.98. The predicted molar refractivity (Wildman–Crippen MR) is 159 cm³/mol. The maximum Gasteiger partial charge on any atom is 0.270 e. The second-order valence-electron chi connectivity index (χ2n) is 9.95. The fraction of sp³-hybridized carbons (Fsp3) is 0.387. The zero-order valence-corrected chi connectivity index (χ0v) is 23.7. The van der Waals surface area contributed by atoms with Crippen LogP contribution in [0.1, 0.15) is 63.4 Å². The van der Waals surface area contributed by atoms with E-state index in [1.165, 1.54) is 19.3 Å². The first-order valence-electron chi connectivity index (χ1n) is 14.2. The van der Waals surface area contributed by atoms with E-state index in [0.717, 1.165) is 67.0 Å². The second kappa shape index (κ2) is 14.2. The number of anilines is 2. The Labute approximate surface area is 236 Å². The van der Waals surface area contributed by atoms with Crippen molar-refractivity contribution in [3.63, 3.8) is 0 Å². The number of nitrogens with zero attached hydrogens (tertiary/aromatic N) is 5. The molecule has 1 aliphatic heterocycles. The summed E-state index contributed by atoms with van der Waals surface area (Å²) >= 11 is 0. The van der Waals surface area contributed by atoms with Crippen molar-refractivity contribution >= 4 is 34.4 Å². The largest absolute Gasteiger partial charge is 0.351 e. The fourth-order valence-electron chi connectivity index (χ4n) is 4.76. The first-order chi connectivity index (χ1) is 19.5. The Morgan fingerprint density at radius 3 is 2.35 bits per heavy atom. The molecular formula is C31H39N7O2. The molecule has 3 aromatic heterocycles. The van der Waals surface area contributed by atoms with Crippen LogP contribution in [0.4, 0.5) is 11.6 Å². The first-order valence-corrected chi connectivity index (χ1v) is 14.2. The first kappa shape index (κ1) is 28.7. The molecule has 1 aliphatic rings. The number of aromatic amines is 1. The Morgan fingerprint density at radius 1 is 0.925 bits per heavy atom. The number of fused-ring (bicyclic) bond motifs is 1. The third kappa shape index (κ3) is 7.65. The van der Waals surface area contributed by atoms with Gasteiger partial charge in [0.25, 0.3) is 5.91 Å². The highest BCUT2D eigenvalue weighted by Gasteiger charge is 2.17. The fourth-order valence-corrected chi connectivity index (χ4v) is 4.76. The van der Waals surface area contributed by atoms with Gasteiger partial charge in [0.05, 0.1) is 11.4 Å². The Hall–Kier alpha value is -4.27. The van der Waals surface area contributed by atoms with Crippen molar-refractivity contribution in [1.29, 1.82) is 0 Å². The zero-order valence-electron chi connectivity index (χ0n) is 23.7. The van der Waals surface area contributed by atoms with E-state index in [2.05, 4.69) is 39.1 Å². The summed E-state index contributed by atoms with van der Waals surface area (Å²) < 4.78 is 0. The molecule has 5 rings (SSSR count). The number of pyridine rings is 1. The molecule has 1 fully saturated rings. The molecule has 4 heterocycles. The number of benzene rings is 1. The highest BCUT2D eigenvalue weighted by Crippen LogP contribution is 2.23. The minimum absolute atomic E-state index is 0.0424. The van der Waals surface area contributed by atoms with Crippen LogP contribution < -0.4 is 5.32 Å². The maximum atomic E-state index is 12.9. The molecule has 210 valence electrons. The molecular weight excluding hydrogens is 502 g/mol. The zero-order chi connectivity index (χ0) is 28.3. The number of nitrogens with one attached hydrogen (secondary N) is 2. The monoisotopic (exact) mass is 541 g/mol. The summed E-state index contributed by atoms with van der Waals surface area (Å²) in [5, 5.41) is 4.21. The Kier molecular flexibility index (Phi) is 10.2. The van der Waals surface area contributed by atoms with Crippen molar-refractivity contribution in [2.24, 2.45) is 0 Å². The molecule has 0 spiro atoms. The van der Waals surface area contributed by atoms with E-state index in [4.69, 9.17) is 0 Å². The average molecular weight is 542 g/mol. The van der Waals surface area contributed by atoms with Crippen LogP contribution >= 0.6 is 0 Å². The lowest BCUT2D eigenvalue weighted by Gasteiger charge is -2.24. The molecule has 0 unspecified atom stereocenters. The predicted octanol–water partition coefficient (Wildman–Crippen LogP) is 6.04. The number of hydrogen-bond donors (Lipinski definition) is 2. The van der Waals surface area contributed by atoms with Crippen LogP contribution in [-0.4, -0.2) is 67.7 Å². The smallest absolute Gasteiger partial charge is 0.270 e. The van der Waals surface area contributed by atoms with Crippen LogP contribution in [0, 0.1) is 0 Å². The minimum Gasteiger partial charge on any atom is -0.351 e. The Bertz CT molecular complexity index is 1390. The molecule has 0 aliphatic carbocycles. The number of likely N-dealkylation sites (tertiary alicyclic amines) is 1. The SMILES string of the molecule is CC(=O)N1CCCCC1.CCCN(CCC)C(=O)c1cc2cc(Nc3nccc(-c4ccccn4)n3)ccc2[nH]1. The average Bonchev–Trinajstić information content (AvgIpc) is 3.42. The van der Waals surface area contributed by atoms with E-state index < -0.39 is 0 Å². The van der Waals surface area contributed by atoms with E-state index in [-0.39, 0.29) is 11.8 Å². The van der Waals surface area contributed by atoms with E-state index in [1.807, 2.05) is 58.3 Å². The molecule has 0 bridgehead atoms. The minimum atomic E-state index is 0.0424. The van der Waals surface area contributed by atoms with E-state index in [0.29, 0.717) is 11.6 Å². The molecule has 2 N–H and O–H groups in total. The molecule has 0 saturated carbocycles. The summed E-state index contributed by atoms with van der Waals surface area (Å²) in [4.78, 5) is 43.9. The molecule has 4 aromatic rings. The van der Waals surface area contributed by atoms with E-state index >= 15 is 0 Å². The van der Waals surface area contributed by atoms with Gasteiger partial charge in [-0.25, -0.2) is 9.97 Å². The van der Waals surface area contributed by atoms with Crippen LogP contribution in [0.3, 0.4) is 0 Å². The van der Waals surface area contributed by atoms with Crippen molar-refractivity contribution in [3.8, 4) is 11.4 Å². The summed E-state index contributed by atoms with van der Waals surface area (Å²) in [6.07, 6.45) is 9.02. The lowest BCUT2D eigenvalue weighted by molar-refractivity contribution is -0.129. The van der Waals surface area contributed by atoms with Gasteiger partial charge < -0.3 is 20.1 Å². The summed E-state index contributed by atoms with van der Waals surface area (Å²) in [6.45, 7) is 9.31. The number of rotatable bonds is 8. The number of aromatic nitrogens is 4. The Balaban J connectivity index is 0.000000350. The number of piperidine rings is 1. The van der Waals surface area contributed by atoms with Gasteiger partial charge in [0.2, 0.25) is 11.9 Å². The normalized spacial score (nSPS) is 12.9. The van der Waals surface area contributed by atoms with E-state index in [9.17, 15) is 9.59 Å². The third-order valence-electron chi connectivity index (χ3n) is 6.77. The van der Waals surface area contributed by atoms with Gasteiger partial charge >= 0.3 is 0 Å². The topological polar surface area (TPSA) is 107 Å². The molecule has 0 radical (unpaired) electrons. The molecule has 2 amide bonds. The number of carbonyl (C=O) groups is 2. The standard InChI is InChI=1S/C24H26N6O.C7H13NO/c1-3-13-30(14-4-2)23(31)22-16-17-15-18(8-9-19(17)28-22)27-24-26-12-10-21(29-24)20-7-5-6-11-25-20;1-7(9)8-5-3-2-4-6-8/h5-12,15-16,28H,3-4,13-14H2,1-2H3,(H,26,27,29);2-6H2,1H3. The molecule has 1 saturated heterocycles. The van der Waals surface area contributed by atoms with Crippen molar-refractivity contribution in [3.05, 3.63) is 66.6 Å². The van der Waals surface area contributed by atoms with Crippen LogP contribution in [-0.2, 0) is 4.79 Å². The maximum absolute atomic E-state index is 12.9. The Morgan fingerprint density at radius 2 is 1.70 bits per heavy atom. The molecule has 0 atom stereocenters. The van der Waals surface area contributed by atoms with E-state index in [1.54, 1.807) is 19.3 Å². The van der Waals surface area contributed by atoms with Gasteiger partial charge in [-0.2, -0.15) is 0 Å². The van der Waals surface area contributed by atoms with Gasteiger partial charge in [-0.1, -0.05) is 19.9 Å².